The Labute approximate surface area is 445 Å². The van der Waals surface area contributed by atoms with Crippen molar-refractivity contribution in [2.24, 2.45) is 0 Å². The lowest BCUT2D eigenvalue weighted by Gasteiger charge is -2.26. The monoisotopic (exact) mass is 968 g/mol. The highest BCUT2D eigenvalue weighted by atomic mass is 15.1. The molecular weight excluding hydrogens is 917 g/mol. The van der Waals surface area contributed by atoms with E-state index in [0.29, 0.717) is 0 Å². The summed E-state index contributed by atoms with van der Waals surface area (Å²) in [6, 6.07) is 114. The third-order valence-electron chi connectivity index (χ3n) is 14.7. The fourth-order valence-electron chi connectivity index (χ4n) is 10.7. The van der Waals surface area contributed by atoms with E-state index in [9.17, 15) is 0 Å². The van der Waals surface area contributed by atoms with Crippen LogP contribution in [0.1, 0.15) is 0 Å². The molecule has 0 N–H and O–H groups in total. The number of fused-ring (bicyclic) bond motifs is 3. The van der Waals surface area contributed by atoms with Gasteiger partial charge in [0, 0.05) is 34.1 Å². The summed E-state index contributed by atoms with van der Waals surface area (Å²) in [6.07, 6.45) is 0. The largest absolute Gasteiger partial charge is 0.311 e. The van der Waals surface area contributed by atoms with E-state index in [0.717, 1.165) is 34.1 Å². The molecular formula is C74H52N2. The van der Waals surface area contributed by atoms with Crippen LogP contribution in [0.3, 0.4) is 0 Å². The van der Waals surface area contributed by atoms with Crippen LogP contribution in [0.5, 0.6) is 0 Å². The van der Waals surface area contributed by atoms with Gasteiger partial charge in [0.25, 0.3) is 0 Å². The first-order valence-corrected chi connectivity index (χ1v) is 26.0. The Morgan fingerprint density at radius 3 is 0.553 bits per heavy atom. The Balaban J connectivity index is 0.770. The highest BCUT2D eigenvalue weighted by Crippen LogP contribution is 2.41. The van der Waals surface area contributed by atoms with Crippen molar-refractivity contribution < 1.29 is 0 Å². The average Bonchev–Trinajstić information content (AvgIpc) is 3.51. The summed E-state index contributed by atoms with van der Waals surface area (Å²) >= 11 is 0. The summed E-state index contributed by atoms with van der Waals surface area (Å²) in [5, 5.41) is 4.93. The molecule has 0 aliphatic rings. The van der Waals surface area contributed by atoms with Gasteiger partial charge in [-0.15, -0.1) is 0 Å². The van der Waals surface area contributed by atoms with Crippen LogP contribution in [0.15, 0.2) is 315 Å². The van der Waals surface area contributed by atoms with Crippen LogP contribution < -0.4 is 9.80 Å². The molecule has 358 valence electrons. The topological polar surface area (TPSA) is 6.48 Å². The highest BCUT2D eigenvalue weighted by molar-refractivity contribution is 6.09. The zero-order valence-electron chi connectivity index (χ0n) is 41.9. The van der Waals surface area contributed by atoms with Gasteiger partial charge in [-0.25, -0.2) is 0 Å². The molecule has 0 unspecified atom stereocenters. The van der Waals surface area contributed by atoms with Crippen molar-refractivity contribution in [2.45, 2.75) is 0 Å². The Hall–Kier alpha value is -10.0. The van der Waals surface area contributed by atoms with Gasteiger partial charge in [-0.2, -0.15) is 0 Å². The minimum atomic E-state index is 1.10. The van der Waals surface area contributed by atoms with Crippen molar-refractivity contribution in [3.63, 3.8) is 0 Å². The molecule has 0 saturated heterocycles. The van der Waals surface area contributed by atoms with Crippen molar-refractivity contribution >= 4 is 55.7 Å². The molecule has 0 aliphatic carbocycles. The van der Waals surface area contributed by atoms with Gasteiger partial charge in [-0.1, -0.05) is 231 Å². The lowest BCUT2D eigenvalue weighted by atomic mass is 9.95. The number of anilines is 6. The molecule has 0 saturated carbocycles. The van der Waals surface area contributed by atoms with Crippen molar-refractivity contribution in [1.82, 2.24) is 0 Å². The Kier molecular flexibility index (Phi) is 12.3. The van der Waals surface area contributed by atoms with Crippen molar-refractivity contribution in [3.8, 4) is 66.8 Å². The van der Waals surface area contributed by atoms with Gasteiger partial charge in [0.05, 0.1) is 0 Å². The third-order valence-corrected chi connectivity index (χ3v) is 14.7. The number of rotatable bonds is 12. The van der Waals surface area contributed by atoms with E-state index < -0.39 is 0 Å². The highest BCUT2D eigenvalue weighted by Gasteiger charge is 2.17. The maximum Gasteiger partial charge on any atom is 0.0462 e. The lowest BCUT2D eigenvalue weighted by Crippen LogP contribution is -2.09. The van der Waals surface area contributed by atoms with E-state index in [-0.39, 0.29) is 0 Å². The zero-order chi connectivity index (χ0) is 50.6. The smallest absolute Gasteiger partial charge is 0.0462 e. The fraction of sp³-hybridized carbons (Fsp3) is 0. The predicted octanol–water partition coefficient (Wildman–Crippen LogP) is 20.9. The molecule has 0 aromatic heterocycles. The second-order valence-corrected chi connectivity index (χ2v) is 19.4. The maximum absolute atomic E-state index is 2.34. The number of hydrogen-bond acceptors (Lipinski definition) is 2. The molecule has 0 spiro atoms. The van der Waals surface area contributed by atoms with Gasteiger partial charge in [0.15, 0.2) is 0 Å². The molecule has 2 nitrogen and oxygen atoms in total. The van der Waals surface area contributed by atoms with E-state index >= 15 is 0 Å². The molecule has 13 aromatic rings. The van der Waals surface area contributed by atoms with E-state index in [2.05, 4.69) is 325 Å². The van der Waals surface area contributed by atoms with Crippen molar-refractivity contribution in [3.05, 3.63) is 315 Å². The second kappa shape index (κ2) is 20.5. The number of hydrogen-bond donors (Lipinski definition) is 0. The fourth-order valence-corrected chi connectivity index (χ4v) is 10.7. The first-order chi connectivity index (χ1) is 37.6. The van der Waals surface area contributed by atoms with Crippen LogP contribution in [0.25, 0.3) is 88.3 Å². The molecule has 2 heteroatoms. The standard InChI is InChI=1S/C74H52N2/c1-5-13-53(14-6-1)57-23-37-67(38-24-57)75(68-39-25-58(26-40-68)54-15-7-2-8-16-54)71-45-31-61(32-46-71)63-35-49-73-65(51-63)21-22-66-52-64(36-50-74(66)73)62-33-47-72(48-34-62)76(69-41-27-59(28-42-69)55-17-9-3-10-18-55)70-43-29-60(30-44-70)56-19-11-4-12-20-56/h1-52H. The first kappa shape index (κ1) is 45.8. The average molecular weight is 969 g/mol. The van der Waals surface area contributed by atoms with Gasteiger partial charge in [0.1, 0.15) is 0 Å². The van der Waals surface area contributed by atoms with Crippen LogP contribution in [-0.4, -0.2) is 0 Å². The predicted molar refractivity (Wildman–Crippen MR) is 323 cm³/mol. The molecule has 0 radical (unpaired) electrons. The van der Waals surface area contributed by atoms with Crippen molar-refractivity contribution in [1.29, 1.82) is 0 Å². The van der Waals surface area contributed by atoms with Gasteiger partial charge in [-0.05, 0) is 173 Å². The van der Waals surface area contributed by atoms with Gasteiger partial charge in [-0.3, -0.25) is 0 Å². The third kappa shape index (κ3) is 9.32. The van der Waals surface area contributed by atoms with Crippen molar-refractivity contribution in [2.75, 3.05) is 9.80 Å². The normalized spacial score (nSPS) is 11.2. The van der Waals surface area contributed by atoms with Crippen LogP contribution in [-0.2, 0) is 0 Å². The molecule has 0 heterocycles. The van der Waals surface area contributed by atoms with Crippen LogP contribution in [0.2, 0.25) is 0 Å². The summed E-state index contributed by atoms with van der Waals surface area (Å²) in [7, 11) is 0. The molecule has 0 atom stereocenters. The summed E-state index contributed by atoms with van der Waals surface area (Å²) in [4.78, 5) is 4.69. The van der Waals surface area contributed by atoms with Crippen LogP contribution in [0, 0.1) is 0 Å². The van der Waals surface area contributed by atoms with Crippen LogP contribution >= 0.6 is 0 Å². The Bertz CT molecular complexity index is 3630. The summed E-state index contributed by atoms with van der Waals surface area (Å²) in [6.45, 7) is 0. The van der Waals surface area contributed by atoms with E-state index in [4.69, 9.17) is 0 Å². The van der Waals surface area contributed by atoms with Crippen LogP contribution in [0.4, 0.5) is 34.1 Å². The quantitative estimate of drug-likeness (QED) is 0.113. The minimum Gasteiger partial charge on any atom is -0.311 e. The second-order valence-electron chi connectivity index (χ2n) is 19.4. The number of nitrogens with zero attached hydrogens (tertiary/aromatic N) is 2. The Morgan fingerprint density at radius 1 is 0.145 bits per heavy atom. The SMILES string of the molecule is c1ccc(-c2ccc(N(c3ccc(-c4ccccc4)cc3)c3ccc(-c4ccc5c(ccc6cc(-c7ccc(N(c8ccc(-c9ccccc9)cc8)c8ccc(-c9ccccc9)cc8)cc7)ccc65)c4)cc3)cc2)cc1. The molecule has 13 aromatic carbocycles. The van der Waals surface area contributed by atoms with E-state index in [1.54, 1.807) is 0 Å². The summed E-state index contributed by atoms with van der Waals surface area (Å²) < 4.78 is 0. The number of benzene rings is 13. The molecule has 0 bridgehead atoms. The first-order valence-electron chi connectivity index (χ1n) is 26.0. The molecule has 76 heavy (non-hydrogen) atoms. The van der Waals surface area contributed by atoms with E-state index in [1.165, 1.54) is 88.3 Å². The molecule has 0 fully saturated rings. The molecule has 0 amide bonds. The molecule has 0 aliphatic heterocycles. The minimum absolute atomic E-state index is 1.10. The zero-order valence-corrected chi connectivity index (χ0v) is 41.9. The molecule has 13 rings (SSSR count). The summed E-state index contributed by atoms with van der Waals surface area (Å²) in [5.74, 6) is 0. The van der Waals surface area contributed by atoms with Gasteiger partial charge >= 0.3 is 0 Å². The summed E-state index contributed by atoms with van der Waals surface area (Å²) in [5.41, 5.74) is 20.9. The van der Waals surface area contributed by atoms with E-state index in [1.807, 2.05) is 0 Å². The lowest BCUT2D eigenvalue weighted by molar-refractivity contribution is 1.28. The van der Waals surface area contributed by atoms with Gasteiger partial charge < -0.3 is 9.80 Å². The Morgan fingerprint density at radius 2 is 0.329 bits per heavy atom. The maximum atomic E-state index is 2.34. The van der Waals surface area contributed by atoms with Gasteiger partial charge in [0.2, 0.25) is 0 Å².